The largest absolute Gasteiger partial charge is 0.454 e. The minimum absolute atomic E-state index is 0.228. The Labute approximate surface area is 114 Å². The van der Waals surface area contributed by atoms with Crippen LogP contribution in [0.1, 0.15) is 13.8 Å². The molecule has 4 nitrogen and oxygen atoms in total. The van der Waals surface area contributed by atoms with Crippen LogP contribution in [0.15, 0.2) is 23.5 Å². The molecule has 0 aromatic carbocycles. The van der Waals surface area contributed by atoms with Crippen molar-refractivity contribution in [1.29, 1.82) is 0 Å². The average Bonchev–Trinajstić information content (AvgIpc) is 2.53. The molecule has 0 saturated carbocycles. The average molecular weight is 316 g/mol. The lowest BCUT2D eigenvalue weighted by Gasteiger charge is -2.19. The van der Waals surface area contributed by atoms with Gasteiger partial charge in [-0.15, -0.1) is 0 Å². The van der Waals surface area contributed by atoms with Crippen LogP contribution < -0.4 is 10.9 Å². The SMILES string of the molecule is CC1(C)/C(=C/C(=O)C(F)(F)F)NN/C1=C/C(=O)C(F)(F)F. The quantitative estimate of drug-likeness (QED) is 0.605. The van der Waals surface area contributed by atoms with Gasteiger partial charge >= 0.3 is 12.4 Å². The highest BCUT2D eigenvalue weighted by atomic mass is 19.4. The van der Waals surface area contributed by atoms with Gasteiger partial charge in [0.15, 0.2) is 0 Å². The molecule has 1 saturated heterocycles. The molecule has 1 aliphatic heterocycles. The number of allylic oxidation sites excluding steroid dienone is 2. The topological polar surface area (TPSA) is 58.2 Å². The first kappa shape index (κ1) is 17.1. The smallest absolute Gasteiger partial charge is 0.304 e. The molecule has 2 N–H and O–H groups in total. The van der Waals surface area contributed by atoms with Gasteiger partial charge in [-0.3, -0.25) is 9.59 Å². The minimum Gasteiger partial charge on any atom is -0.304 e. The molecular formula is C11H10F6N2O2. The van der Waals surface area contributed by atoms with Crippen LogP contribution >= 0.6 is 0 Å². The van der Waals surface area contributed by atoms with Crippen LogP contribution in [0.2, 0.25) is 0 Å². The summed E-state index contributed by atoms with van der Waals surface area (Å²) in [5, 5.41) is 0. The van der Waals surface area contributed by atoms with Gasteiger partial charge in [-0.1, -0.05) is 0 Å². The lowest BCUT2D eigenvalue weighted by atomic mass is 9.86. The molecule has 1 aliphatic rings. The van der Waals surface area contributed by atoms with Crippen molar-refractivity contribution < 1.29 is 35.9 Å². The maximum absolute atomic E-state index is 12.2. The predicted octanol–water partition coefficient (Wildman–Crippen LogP) is 2.15. The fourth-order valence-corrected chi connectivity index (χ4v) is 1.45. The van der Waals surface area contributed by atoms with Crippen LogP contribution in [0.25, 0.3) is 0 Å². The summed E-state index contributed by atoms with van der Waals surface area (Å²) in [4.78, 5) is 21.7. The van der Waals surface area contributed by atoms with Gasteiger partial charge in [0.25, 0.3) is 11.6 Å². The van der Waals surface area contributed by atoms with Crippen LogP contribution in [0.3, 0.4) is 0 Å². The van der Waals surface area contributed by atoms with Gasteiger partial charge in [0.2, 0.25) is 0 Å². The summed E-state index contributed by atoms with van der Waals surface area (Å²) < 4.78 is 72.9. The Morgan fingerprint density at radius 3 is 1.38 bits per heavy atom. The van der Waals surface area contributed by atoms with Crippen molar-refractivity contribution in [3.63, 3.8) is 0 Å². The zero-order chi connectivity index (χ0) is 16.6. The van der Waals surface area contributed by atoms with E-state index in [-0.39, 0.29) is 23.5 Å². The second-order valence-electron chi connectivity index (χ2n) is 4.72. The molecule has 0 unspecified atom stereocenters. The van der Waals surface area contributed by atoms with E-state index in [9.17, 15) is 35.9 Å². The fraction of sp³-hybridized carbons (Fsp3) is 0.455. The molecule has 1 rings (SSSR count). The Bertz CT molecular complexity index is 482. The normalized spacial score (nSPS) is 22.1. The summed E-state index contributed by atoms with van der Waals surface area (Å²) in [5.41, 5.74) is 2.30. The van der Waals surface area contributed by atoms with E-state index in [0.717, 1.165) is 0 Å². The number of alkyl halides is 6. The Kier molecular flexibility index (Phi) is 4.13. The number of hydrazine groups is 1. The lowest BCUT2D eigenvalue weighted by molar-refractivity contribution is -0.165. The molecule has 1 heterocycles. The van der Waals surface area contributed by atoms with Gasteiger partial charge in [-0.25, -0.2) is 0 Å². The van der Waals surface area contributed by atoms with E-state index in [1.807, 2.05) is 0 Å². The van der Waals surface area contributed by atoms with Crippen molar-refractivity contribution >= 4 is 11.6 Å². The second-order valence-corrected chi connectivity index (χ2v) is 4.72. The Morgan fingerprint density at radius 2 is 1.14 bits per heavy atom. The molecule has 0 spiro atoms. The molecule has 0 aromatic heterocycles. The van der Waals surface area contributed by atoms with Gasteiger partial charge in [-0.2, -0.15) is 26.3 Å². The zero-order valence-corrected chi connectivity index (χ0v) is 10.7. The Balaban J connectivity index is 3.09. The zero-order valence-electron chi connectivity index (χ0n) is 10.7. The summed E-state index contributed by atoms with van der Waals surface area (Å²) in [6.07, 6.45) is -9.74. The number of ketones is 2. The predicted molar refractivity (Wildman–Crippen MR) is 58.3 cm³/mol. The van der Waals surface area contributed by atoms with Crippen molar-refractivity contribution in [2.24, 2.45) is 5.41 Å². The molecule has 21 heavy (non-hydrogen) atoms. The number of carbonyl (C=O) groups excluding carboxylic acids is 2. The maximum atomic E-state index is 12.2. The lowest BCUT2D eigenvalue weighted by Crippen LogP contribution is -2.25. The summed E-state index contributed by atoms with van der Waals surface area (Å²) >= 11 is 0. The van der Waals surface area contributed by atoms with Crippen LogP contribution in [-0.2, 0) is 9.59 Å². The Hall–Kier alpha value is -2.00. The van der Waals surface area contributed by atoms with E-state index in [4.69, 9.17) is 0 Å². The first-order valence-corrected chi connectivity index (χ1v) is 5.45. The minimum atomic E-state index is -5.10. The highest BCUT2D eigenvalue weighted by Crippen LogP contribution is 2.36. The molecule has 0 amide bonds. The summed E-state index contributed by atoms with van der Waals surface area (Å²) in [6.45, 7) is 2.51. The molecule has 10 heteroatoms. The highest BCUT2D eigenvalue weighted by Gasteiger charge is 2.43. The van der Waals surface area contributed by atoms with E-state index >= 15 is 0 Å². The van der Waals surface area contributed by atoms with E-state index in [1.165, 1.54) is 13.8 Å². The number of rotatable bonds is 2. The molecule has 0 radical (unpaired) electrons. The monoisotopic (exact) mass is 316 g/mol. The van der Waals surface area contributed by atoms with Crippen LogP contribution in [0.4, 0.5) is 26.3 Å². The third-order valence-electron chi connectivity index (χ3n) is 2.79. The van der Waals surface area contributed by atoms with Gasteiger partial charge in [0.05, 0.1) is 0 Å². The molecule has 0 aliphatic carbocycles. The summed E-state index contributed by atoms with van der Waals surface area (Å²) in [6, 6.07) is 0. The number of carbonyl (C=O) groups is 2. The van der Waals surface area contributed by atoms with Crippen molar-refractivity contribution in [3.05, 3.63) is 23.5 Å². The molecular weight excluding hydrogens is 306 g/mol. The van der Waals surface area contributed by atoms with E-state index in [2.05, 4.69) is 10.9 Å². The van der Waals surface area contributed by atoms with Crippen LogP contribution in [0, 0.1) is 5.41 Å². The summed E-state index contributed by atoms with van der Waals surface area (Å²) in [7, 11) is 0. The molecule has 1 fully saturated rings. The van der Waals surface area contributed by atoms with E-state index in [0.29, 0.717) is 0 Å². The number of nitrogens with one attached hydrogen (secondary N) is 2. The van der Waals surface area contributed by atoms with Crippen molar-refractivity contribution in [2.75, 3.05) is 0 Å². The molecule has 0 atom stereocenters. The van der Waals surface area contributed by atoms with Gasteiger partial charge in [0.1, 0.15) is 0 Å². The van der Waals surface area contributed by atoms with Gasteiger partial charge in [0, 0.05) is 29.0 Å². The van der Waals surface area contributed by atoms with Crippen molar-refractivity contribution in [1.82, 2.24) is 10.9 Å². The first-order valence-electron chi connectivity index (χ1n) is 5.45. The summed E-state index contributed by atoms with van der Waals surface area (Å²) in [5.74, 6) is -4.33. The number of hydrogen-bond donors (Lipinski definition) is 2. The van der Waals surface area contributed by atoms with Crippen molar-refractivity contribution in [2.45, 2.75) is 26.2 Å². The van der Waals surface area contributed by atoms with Gasteiger partial charge in [-0.05, 0) is 13.8 Å². The van der Waals surface area contributed by atoms with Crippen LogP contribution in [-0.4, -0.2) is 23.9 Å². The van der Waals surface area contributed by atoms with E-state index < -0.39 is 29.3 Å². The standard InChI is InChI=1S/C11H10F6N2O2/c1-9(2)5(3-7(20)10(12,13)14)18-19-6(9)4-8(21)11(15,16)17/h3-4,18-19H,1-2H3/b5-3-,6-4+. The van der Waals surface area contributed by atoms with Crippen molar-refractivity contribution in [3.8, 4) is 0 Å². The third-order valence-corrected chi connectivity index (χ3v) is 2.79. The number of halogens is 6. The Morgan fingerprint density at radius 1 is 0.857 bits per heavy atom. The molecule has 118 valence electrons. The highest BCUT2D eigenvalue weighted by molar-refractivity contribution is 5.96. The maximum Gasteiger partial charge on any atom is 0.454 e. The molecule has 0 aromatic rings. The van der Waals surface area contributed by atoms with E-state index in [1.54, 1.807) is 0 Å². The van der Waals surface area contributed by atoms with Gasteiger partial charge < -0.3 is 10.9 Å². The number of hydrogen-bond acceptors (Lipinski definition) is 4. The second kappa shape index (κ2) is 5.08. The molecule has 0 bridgehead atoms. The van der Waals surface area contributed by atoms with Crippen LogP contribution in [0.5, 0.6) is 0 Å². The third kappa shape index (κ3) is 3.76. The fourth-order valence-electron chi connectivity index (χ4n) is 1.45. The first-order chi connectivity index (χ1) is 9.26.